The van der Waals surface area contributed by atoms with Crippen LogP contribution in [-0.2, 0) is 0 Å². The van der Waals surface area contributed by atoms with Crippen LogP contribution in [0.25, 0.3) is 0 Å². The number of nitrogens with one attached hydrogen (secondary N) is 1. The minimum Gasteiger partial charge on any atom is -0.494 e. The second-order valence-electron chi connectivity index (χ2n) is 3.33. The van der Waals surface area contributed by atoms with Crippen molar-refractivity contribution in [1.82, 2.24) is 10.3 Å². The van der Waals surface area contributed by atoms with E-state index in [1.165, 1.54) is 7.11 Å². The summed E-state index contributed by atoms with van der Waals surface area (Å²) in [6.07, 6.45) is 0. The summed E-state index contributed by atoms with van der Waals surface area (Å²) < 4.78 is 9.45. The maximum atomic E-state index is 9.96. The first kappa shape index (κ1) is 11.9. The Morgan fingerprint density at radius 3 is 2.78 bits per heavy atom. The van der Waals surface area contributed by atoms with E-state index in [0.29, 0.717) is 10.8 Å². The van der Waals surface area contributed by atoms with Crippen LogP contribution >= 0.6 is 0 Å². The maximum absolute atomic E-state index is 9.96. The second-order valence-corrected chi connectivity index (χ2v) is 3.33. The van der Waals surface area contributed by atoms with Gasteiger partial charge in [-0.15, -0.1) is 0 Å². The van der Waals surface area contributed by atoms with E-state index in [1.807, 2.05) is 0 Å². The van der Waals surface area contributed by atoms with Gasteiger partial charge in [0.05, 0.1) is 7.11 Å². The lowest BCUT2D eigenvalue weighted by molar-refractivity contribution is 0.297. The molecule has 0 bridgehead atoms. The Hall–Kier alpha value is -2.61. The molecule has 1 heterocycles. The standard InChI is InChI=1S/C10H11N5O3/c1-17-7-5-3-2-4-6(7)15(16)10(12)8-9(11)14-18-13-8/h2-5,12,16H,1H3,(H2,11,14). The van der Waals surface area contributed by atoms with Gasteiger partial charge in [0, 0.05) is 0 Å². The second kappa shape index (κ2) is 4.72. The van der Waals surface area contributed by atoms with E-state index in [0.717, 1.165) is 0 Å². The van der Waals surface area contributed by atoms with Crippen molar-refractivity contribution in [3.05, 3.63) is 30.0 Å². The summed E-state index contributed by atoms with van der Waals surface area (Å²) in [5.41, 5.74) is 5.68. The van der Waals surface area contributed by atoms with Crippen LogP contribution in [0.5, 0.6) is 5.75 Å². The number of aromatic nitrogens is 2. The van der Waals surface area contributed by atoms with Crippen molar-refractivity contribution in [2.24, 2.45) is 0 Å². The van der Waals surface area contributed by atoms with Crippen molar-refractivity contribution >= 4 is 17.3 Å². The average Bonchev–Trinajstić information content (AvgIpc) is 2.83. The van der Waals surface area contributed by atoms with Crippen LogP contribution in [0.3, 0.4) is 0 Å². The summed E-state index contributed by atoms with van der Waals surface area (Å²) in [7, 11) is 1.46. The molecule has 0 unspecified atom stereocenters. The van der Waals surface area contributed by atoms with Crippen LogP contribution in [0, 0.1) is 5.41 Å². The van der Waals surface area contributed by atoms with E-state index in [2.05, 4.69) is 14.9 Å². The zero-order valence-electron chi connectivity index (χ0n) is 9.49. The average molecular weight is 249 g/mol. The van der Waals surface area contributed by atoms with E-state index in [1.54, 1.807) is 24.3 Å². The summed E-state index contributed by atoms with van der Waals surface area (Å²) in [4.78, 5) is 0. The third-order valence-electron chi connectivity index (χ3n) is 2.26. The number of nitrogens with two attached hydrogens (primary N) is 1. The fourth-order valence-corrected chi connectivity index (χ4v) is 1.39. The number of amidine groups is 1. The molecule has 0 aliphatic heterocycles. The molecule has 94 valence electrons. The highest BCUT2D eigenvalue weighted by atomic mass is 16.6. The number of hydrogen-bond acceptors (Lipinski definition) is 7. The largest absolute Gasteiger partial charge is 0.494 e. The minimum absolute atomic E-state index is 0.0524. The number of para-hydroxylation sites is 2. The normalized spacial score (nSPS) is 10.1. The van der Waals surface area contributed by atoms with Crippen LogP contribution in [0.15, 0.2) is 28.9 Å². The molecular weight excluding hydrogens is 238 g/mol. The smallest absolute Gasteiger partial charge is 0.199 e. The molecular formula is C10H11N5O3. The Morgan fingerprint density at radius 2 is 2.17 bits per heavy atom. The zero-order valence-corrected chi connectivity index (χ0v) is 9.49. The van der Waals surface area contributed by atoms with Crippen LogP contribution < -0.4 is 15.5 Å². The molecule has 18 heavy (non-hydrogen) atoms. The van der Waals surface area contributed by atoms with Gasteiger partial charge in [0.15, 0.2) is 17.3 Å². The number of hydrogen-bond donors (Lipinski definition) is 3. The molecule has 0 amide bonds. The highest BCUT2D eigenvalue weighted by Crippen LogP contribution is 2.27. The number of ether oxygens (including phenoxy) is 1. The van der Waals surface area contributed by atoms with Gasteiger partial charge in [0.2, 0.25) is 0 Å². The quantitative estimate of drug-likeness (QED) is 0.419. The van der Waals surface area contributed by atoms with Crippen molar-refractivity contribution in [3.8, 4) is 5.75 Å². The predicted octanol–water partition coefficient (Wildman–Crippen LogP) is 0.882. The number of anilines is 2. The number of methoxy groups -OCH3 is 1. The van der Waals surface area contributed by atoms with Gasteiger partial charge in [0.25, 0.3) is 0 Å². The fraction of sp³-hybridized carbons (Fsp3) is 0.100. The third kappa shape index (κ3) is 1.96. The van der Waals surface area contributed by atoms with Gasteiger partial charge in [-0.2, -0.15) is 0 Å². The summed E-state index contributed by atoms with van der Waals surface area (Å²) >= 11 is 0. The number of nitrogens with zero attached hydrogens (tertiary/aromatic N) is 3. The van der Waals surface area contributed by atoms with Crippen LogP contribution in [0.1, 0.15) is 5.69 Å². The fourth-order valence-electron chi connectivity index (χ4n) is 1.39. The van der Waals surface area contributed by atoms with Crippen molar-refractivity contribution in [2.75, 3.05) is 17.9 Å². The summed E-state index contributed by atoms with van der Waals surface area (Å²) in [5.74, 6) is -0.0352. The van der Waals surface area contributed by atoms with Gasteiger partial charge >= 0.3 is 0 Å². The van der Waals surface area contributed by atoms with Crippen molar-refractivity contribution in [1.29, 1.82) is 5.41 Å². The minimum atomic E-state index is -0.363. The maximum Gasteiger partial charge on any atom is 0.199 e. The topological polar surface area (TPSA) is 121 Å². The SMILES string of the molecule is COc1ccccc1N(O)C(=N)c1nonc1N. The lowest BCUT2D eigenvalue weighted by atomic mass is 10.2. The lowest BCUT2D eigenvalue weighted by Crippen LogP contribution is -2.28. The van der Waals surface area contributed by atoms with Crippen molar-refractivity contribution < 1.29 is 14.6 Å². The molecule has 0 fully saturated rings. The summed E-state index contributed by atoms with van der Waals surface area (Å²) in [6.45, 7) is 0. The van der Waals surface area contributed by atoms with E-state index >= 15 is 0 Å². The van der Waals surface area contributed by atoms with Gasteiger partial charge in [-0.25, -0.2) is 9.69 Å². The van der Waals surface area contributed by atoms with Crippen LogP contribution in [-0.4, -0.2) is 28.5 Å². The molecule has 1 aromatic heterocycles. The Morgan fingerprint density at radius 1 is 1.44 bits per heavy atom. The molecule has 1 aromatic carbocycles. The van der Waals surface area contributed by atoms with Gasteiger partial charge in [-0.3, -0.25) is 10.6 Å². The van der Waals surface area contributed by atoms with E-state index in [9.17, 15) is 5.21 Å². The Labute approximate surface area is 102 Å². The molecule has 4 N–H and O–H groups in total. The third-order valence-corrected chi connectivity index (χ3v) is 2.26. The van der Waals surface area contributed by atoms with E-state index in [-0.39, 0.29) is 23.0 Å². The number of benzene rings is 1. The number of rotatable bonds is 3. The predicted molar refractivity (Wildman–Crippen MR) is 62.8 cm³/mol. The molecule has 0 saturated heterocycles. The molecule has 8 nitrogen and oxygen atoms in total. The van der Waals surface area contributed by atoms with E-state index in [4.69, 9.17) is 15.9 Å². The van der Waals surface area contributed by atoms with Crippen LogP contribution in [0.4, 0.5) is 11.5 Å². The molecule has 0 saturated carbocycles. The number of hydroxylamine groups is 1. The van der Waals surface area contributed by atoms with Gasteiger partial charge < -0.3 is 10.5 Å². The molecule has 0 atom stereocenters. The van der Waals surface area contributed by atoms with Crippen LogP contribution in [0.2, 0.25) is 0 Å². The molecule has 0 radical (unpaired) electrons. The molecule has 2 aromatic rings. The molecule has 2 rings (SSSR count). The monoisotopic (exact) mass is 249 g/mol. The Bertz CT molecular complexity index is 568. The molecule has 8 heteroatoms. The lowest BCUT2D eigenvalue weighted by Gasteiger charge is -2.18. The first-order valence-electron chi connectivity index (χ1n) is 4.94. The highest BCUT2D eigenvalue weighted by molar-refractivity contribution is 6.08. The molecule has 0 spiro atoms. The first-order chi connectivity index (χ1) is 8.65. The Kier molecular flexibility index (Phi) is 3.11. The summed E-state index contributed by atoms with van der Waals surface area (Å²) in [6, 6.07) is 6.66. The van der Waals surface area contributed by atoms with Crippen molar-refractivity contribution in [2.45, 2.75) is 0 Å². The van der Waals surface area contributed by atoms with Gasteiger partial charge in [-0.05, 0) is 22.4 Å². The van der Waals surface area contributed by atoms with Crippen molar-refractivity contribution in [3.63, 3.8) is 0 Å². The van der Waals surface area contributed by atoms with Gasteiger partial charge in [0.1, 0.15) is 11.4 Å². The van der Waals surface area contributed by atoms with Gasteiger partial charge in [-0.1, -0.05) is 12.1 Å². The number of nitrogen functional groups attached to an aromatic ring is 1. The molecule has 0 aliphatic rings. The first-order valence-corrected chi connectivity index (χ1v) is 4.94. The Balaban J connectivity index is 2.34. The zero-order chi connectivity index (χ0) is 13.1. The summed E-state index contributed by atoms with van der Waals surface area (Å²) in [5, 5.41) is 25.1. The highest BCUT2D eigenvalue weighted by Gasteiger charge is 2.21. The van der Waals surface area contributed by atoms with E-state index < -0.39 is 0 Å². The molecule has 0 aliphatic carbocycles.